The van der Waals surface area contributed by atoms with Crippen molar-refractivity contribution < 1.29 is 19.4 Å². The predicted molar refractivity (Wildman–Crippen MR) is 100 cm³/mol. The number of phenols is 1. The van der Waals surface area contributed by atoms with Gasteiger partial charge in [0.2, 0.25) is 11.8 Å². The second-order valence-corrected chi connectivity index (χ2v) is 8.34. The number of piperidine rings is 1. The lowest BCUT2D eigenvalue weighted by Gasteiger charge is -2.50. The maximum Gasteiger partial charge on any atom is 0.228 e. The fraction of sp³-hybridized carbons (Fsp3) is 0.619. The number of likely N-dealkylation sites (tertiary alicyclic amines) is 1. The summed E-state index contributed by atoms with van der Waals surface area (Å²) in [7, 11) is 1.73. The first-order valence-corrected chi connectivity index (χ1v) is 9.90. The molecule has 6 heteroatoms. The van der Waals surface area contributed by atoms with Gasteiger partial charge >= 0.3 is 0 Å². The molecule has 2 bridgehead atoms. The molecule has 2 fully saturated rings. The van der Waals surface area contributed by atoms with Crippen LogP contribution in [-0.4, -0.2) is 47.6 Å². The van der Waals surface area contributed by atoms with Crippen molar-refractivity contribution in [3.63, 3.8) is 0 Å². The van der Waals surface area contributed by atoms with Gasteiger partial charge in [-0.25, -0.2) is 0 Å². The number of carbonyl (C=O) groups is 2. The van der Waals surface area contributed by atoms with Gasteiger partial charge in [0.1, 0.15) is 5.75 Å². The third-order valence-electron chi connectivity index (χ3n) is 6.98. The van der Waals surface area contributed by atoms with E-state index in [-0.39, 0.29) is 35.6 Å². The van der Waals surface area contributed by atoms with Crippen LogP contribution in [0.5, 0.6) is 5.75 Å². The highest BCUT2D eigenvalue weighted by Crippen LogP contribution is 2.46. The lowest BCUT2D eigenvalue weighted by Crippen LogP contribution is -2.60. The Morgan fingerprint density at radius 1 is 1.26 bits per heavy atom. The zero-order valence-corrected chi connectivity index (χ0v) is 15.8. The Morgan fingerprint density at radius 3 is 2.67 bits per heavy atom. The van der Waals surface area contributed by atoms with Gasteiger partial charge in [-0.1, -0.05) is 6.07 Å². The van der Waals surface area contributed by atoms with E-state index in [4.69, 9.17) is 10.5 Å². The molecule has 0 spiro atoms. The minimum absolute atomic E-state index is 0.00376. The lowest BCUT2D eigenvalue weighted by molar-refractivity contribution is -0.145. The first kappa shape index (κ1) is 18.3. The third kappa shape index (κ3) is 3.00. The Hall–Kier alpha value is -2.08. The zero-order valence-electron chi connectivity index (χ0n) is 15.8. The second kappa shape index (κ2) is 6.82. The molecule has 3 aliphatic rings. The maximum atomic E-state index is 13.2. The molecular formula is C21H28N2O4. The number of nitrogens with zero attached hydrogens (tertiary/aromatic N) is 1. The molecule has 146 valence electrons. The van der Waals surface area contributed by atoms with Crippen molar-refractivity contribution in [1.82, 2.24) is 4.90 Å². The second-order valence-electron chi connectivity index (χ2n) is 8.34. The number of hydrogen-bond donors (Lipinski definition) is 2. The molecule has 0 aromatic heterocycles. The maximum absolute atomic E-state index is 13.2. The van der Waals surface area contributed by atoms with Crippen LogP contribution in [0.1, 0.15) is 49.7 Å². The van der Waals surface area contributed by atoms with Crippen molar-refractivity contribution >= 4 is 11.8 Å². The van der Waals surface area contributed by atoms with Gasteiger partial charge in [0.15, 0.2) is 0 Å². The number of fused-ring (bicyclic) bond motifs is 4. The van der Waals surface area contributed by atoms with Crippen LogP contribution in [0.4, 0.5) is 0 Å². The van der Waals surface area contributed by atoms with Gasteiger partial charge in [-0.2, -0.15) is 0 Å². The number of nitrogens with two attached hydrogens (primary N) is 1. The molecule has 1 aliphatic heterocycles. The summed E-state index contributed by atoms with van der Waals surface area (Å²) in [6, 6.07) is 5.19. The molecule has 1 aromatic carbocycles. The fourth-order valence-electron chi connectivity index (χ4n) is 5.40. The molecule has 3 N–H and O–H groups in total. The number of amides is 2. The monoisotopic (exact) mass is 372 g/mol. The Kier molecular flexibility index (Phi) is 4.62. The van der Waals surface area contributed by atoms with Crippen molar-refractivity contribution in [3.05, 3.63) is 29.3 Å². The summed E-state index contributed by atoms with van der Waals surface area (Å²) in [5.74, 6) is 0.0709. The lowest BCUT2D eigenvalue weighted by atomic mass is 9.63. The van der Waals surface area contributed by atoms with Crippen LogP contribution in [-0.2, 0) is 26.2 Å². The van der Waals surface area contributed by atoms with Gasteiger partial charge in [-0.05, 0) is 68.2 Å². The predicted octanol–water partition coefficient (Wildman–Crippen LogP) is 1.87. The molecule has 2 atom stereocenters. The number of primary amides is 1. The van der Waals surface area contributed by atoms with Crippen molar-refractivity contribution in [2.45, 2.75) is 62.5 Å². The van der Waals surface area contributed by atoms with Gasteiger partial charge in [0.25, 0.3) is 0 Å². The first-order valence-electron chi connectivity index (χ1n) is 9.90. The zero-order chi connectivity index (χ0) is 19.2. The summed E-state index contributed by atoms with van der Waals surface area (Å²) in [4.78, 5) is 27.6. The summed E-state index contributed by atoms with van der Waals surface area (Å²) in [6.07, 6.45) is 5.65. The van der Waals surface area contributed by atoms with E-state index in [2.05, 4.69) is 0 Å². The number of carbonyl (C=O) groups excluding carboxylic acids is 2. The van der Waals surface area contributed by atoms with E-state index in [0.29, 0.717) is 25.8 Å². The molecular weight excluding hydrogens is 344 g/mol. The highest BCUT2D eigenvalue weighted by atomic mass is 16.5. The smallest absolute Gasteiger partial charge is 0.228 e. The van der Waals surface area contributed by atoms with Crippen LogP contribution in [0.15, 0.2) is 18.2 Å². The molecule has 1 aromatic rings. The van der Waals surface area contributed by atoms with Crippen LogP contribution in [0.2, 0.25) is 0 Å². The number of aromatic hydroxyl groups is 1. The average molecular weight is 372 g/mol. The van der Waals surface area contributed by atoms with Crippen LogP contribution >= 0.6 is 0 Å². The van der Waals surface area contributed by atoms with E-state index in [1.54, 1.807) is 19.2 Å². The molecule has 2 aliphatic carbocycles. The van der Waals surface area contributed by atoms with E-state index in [1.165, 1.54) is 0 Å². The van der Waals surface area contributed by atoms with E-state index < -0.39 is 5.41 Å². The summed E-state index contributed by atoms with van der Waals surface area (Å²) in [6.45, 7) is 0.547. The minimum atomic E-state index is -0.776. The van der Waals surface area contributed by atoms with E-state index in [0.717, 1.165) is 36.8 Å². The van der Waals surface area contributed by atoms with Crippen LogP contribution < -0.4 is 5.73 Å². The van der Waals surface area contributed by atoms with Gasteiger partial charge < -0.3 is 20.5 Å². The topological polar surface area (TPSA) is 92.9 Å². The van der Waals surface area contributed by atoms with Crippen molar-refractivity contribution in [2.75, 3.05) is 13.7 Å². The molecule has 1 saturated heterocycles. The van der Waals surface area contributed by atoms with Crippen molar-refractivity contribution in [3.8, 4) is 5.75 Å². The van der Waals surface area contributed by atoms with E-state index in [1.807, 2.05) is 11.0 Å². The summed E-state index contributed by atoms with van der Waals surface area (Å²) in [5, 5.41) is 9.91. The molecule has 1 saturated carbocycles. The van der Waals surface area contributed by atoms with Crippen LogP contribution in [0.3, 0.4) is 0 Å². The number of rotatable bonds is 3. The Bertz CT molecular complexity index is 757. The number of benzene rings is 1. The minimum Gasteiger partial charge on any atom is -0.508 e. The molecule has 6 nitrogen and oxygen atoms in total. The first-order chi connectivity index (χ1) is 12.9. The number of ether oxygens (including phenoxy) is 1. The van der Waals surface area contributed by atoms with Crippen molar-refractivity contribution in [1.29, 1.82) is 0 Å². The van der Waals surface area contributed by atoms with Gasteiger partial charge in [-0.3, -0.25) is 9.59 Å². The summed E-state index contributed by atoms with van der Waals surface area (Å²) in [5.41, 5.74) is 6.92. The number of phenolic OH excluding ortho intramolecular Hbond substituents is 1. The molecule has 2 unspecified atom stereocenters. The average Bonchev–Trinajstić information content (AvgIpc) is 2.68. The number of methoxy groups -OCH3 is 1. The largest absolute Gasteiger partial charge is 0.508 e. The Morgan fingerprint density at radius 2 is 2.00 bits per heavy atom. The molecule has 27 heavy (non-hydrogen) atoms. The Labute approximate surface area is 159 Å². The molecule has 1 heterocycles. The van der Waals surface area contributed by atoms with Gasteiger partial charge in [0, 0.05) is 25.6 Å². The van der Waals surface area contributed by atoms with Crippen LogP contribution in [0, 0.1) is 5.92 Å². The molecule has 2 amide bonds. The fourth-order valence-corrected chi connectivity index (χ4v) is 5.40. The molecule has 4 rings (SSSR count). The number of hydrogen-bond acceptors (Lipinski definition) is 4. The summed E-state index contributed by atoms with van der Waals surface area (Å²) >= 11 is 0. The third-order valence-corrected chi connectivity index (χ3v) is 6.98. The van der Waals surface area contributed by atoms with Gasteiger partial charge in [-0.15, -0.1) is 0 Å². The van der Waals surface area contributed by atoms with E-state index >= 15 is 0 Å². The normalized spacial score (nSPS) is 32.6. The van der Waals surface area contributed by atoms with Crippen molar-refractivity contribution in [2.24, 2.45) is 11.7 Å². The summed E-state index contributed by atoms with van der Waals surface area (Å²) < 4.78 is 5.42. The quantitative estimate of drug-likeness (QED) is 0.847. The van der Waals surface area contributed by atoms with E-state index in [9.17, 15) is 14.7 Å². The highest BCUT2D eigenvalue weighted by molar-refractivity contribution is 5.89. The molecule has 0 radical (unpaired) electrons. The standard InChI is InChI=1S/C21H28N2O4/c1-27-17-6-3-13(4-7-17)19(25)23-9-8-21(20(22)26)12-15(23)10-14-2-5-16(24)11-18(14)21/h2,5,11,13,15,17,24H,3-4,6-10,12H2,1H3,(H2,22,26). The SMILES string of the molecule is COC1CCC(C(=O)N2CCC3(C(N)=O)CC2Cc2ccc(O)cc23)CC1. The van der Waals surface area contributed by atoms with Crippen LogP contribution in [0.25, 0.3) is 0 Å². The Balaban J connectivity index is 1.58. The van der Waals surface area contributed by atoms with Gasteiger partial charge in [0.05, 0.1) is 11.5 Å². The highest BCUT2D eigenvalue weighted by Gasteiger charge is 2.51.